The molecule has 1 aliphatic rings. The van der Waals surface area contributed by atoms with E-state index in [2.05, 4.69) is 4.98 Å². The van der Waals surface area contributed by atoms with Gasteiger partial charge in [0.05, 0.1) is 44.6 Å². The van der Waals surface area contributed by atoms with Crippen molar-refractivity contribution in [2.24, 2.45) is 0 Å². The van der Waals surface area contributed by atoms with Gasteiger partial charge in [0.25, 0.3) is 0 Å². The molecular formula is C45H40Cl7NO14S. The number of ether oxygens (including phenoxy) is 4. The first-order valence-electron chi connectivity index (χ1n) is 19.5. The number of nitrogens with zero attached hydrogens (tertiary/aromatic N) is 1. The van der Waals surface area contributed by atoms with Gasteiger partial charge in [-0.15, -0.1) is 0 Å². The normalized spacial score (nSPS) is 13.7. The maximum absolute atomic E-state index is 11.2. The number of halogens is 7. The molecule has 0 amide bonds. The van der Waals surface area contributed by atoms with Crippen molar-refractivity contribution in [2.45, 2.75) is 58.3 Å². The Morgan fingerprint density at radius 3 is 1.75 bits per heavy atom. The molecule has 0 aliphatic carbocycles. The number of carboxylic acid groups (broad SMARTS) is 3. The van der Waals surface area contributed by atoms with Crippen LogP contribution in [-0.4, -0.2) is 71.9 Å². The summed E-state index contributed by atoms with van der Waals surface area (Å²) in [5.41, 5.74) is 2.39. The zero-order chi connectivity index (χ0) is 50.7. The topological polar surface area (TPSA) is 218 Å². The van der Waals surface area contributed by atoms with Gasteiger partial charge in [-0.3, -0.25) is 9.59 Å². The number of benzene rings is 5. The highest BCUT2D eigenvalue weighted by molar-refractivity contribution is 7.86. The molecule has 6 aromatic rings. The second kappa shape index (κ2) is 24.6. The third kappa shape index (κ3) is 16.1. The highest BCUT2D eigenvalue weighted by atomic mass is 35.5. The van der Waals surface area contributed by atoms with Crippen molar-refractivity contribution in [1.29, 1.82) is 0 Å². The van der Waals surface area contributed by atoms with E-state index in [4.69, 9.17) is 124 Å². The Kier molecular flexibility index (Phi) is 20.2. The first-order chi connectivity index (χ1) is 31.8. The molecule has 3 N–H and O–H groups in total. The maximum Gasteiger partial charge on any atom is 0.400 e. The molecule has 0 bridgehead atoms. The van der Waals surface area contributed by atoms with Gasteiger partial charge in [0.2, 0.25) is 6.29 Å². The van der Waals surface area contributed by atoms with Gasteiger partial charge in [-0.05, 0) is 107 Å². The van der Waals surface area contributed by atoms with Gasteiger partial charge in [0.1, 0.15) is 28.5 Å². The van der Waals surface area contributed by atoms with Crippen LogP contribution in [0.25, 0.3) is 11.1 Å². The maximum atomic E-state index is 11.2. The second-order valence-corrected chi connectivity index (χ2v) is 19.0. The molecule has 0 radical (unpaired) electrons. The molecule has 0 fully saturated rings. The lowest BCUT2D eigenvalue weighted by Gasteiger charge is -2.25. The van der Waals surface area contributed by atoms with Gasteiger partial charge in [-0.2, -0.15) is 13.4 Å². The summed E-state index contributed by atoms with van der Waals surface area (Å²) in [5, 5.41) is 28.1. The molecule has 68 heavy (non-hydrogen) atoms. The molecule has 15 nitrogen and oxygen atoms in total. The van der Waals surface area contributed by atoms with Crippen LogP contribution in [-0.2, 0) is 47.5 Å². The smallest absolute Gasteiger partial charge is 0.400 e. The van der Waals surface area contributed by atoms with E-state index in [-0.39, 0.29) is 46.4 Å². The van der Waals surface area contributed by atoms with Crippen molar-refractivity contribution in [3.63, 3.8) is 0 Å². The van der Waals surface area contributed by atoms with Crippen LogP contribution in [0.3, 0.4) is 0 Å². The Bertz CT molecular complexity index is 2810. The quantitative estimate of drug-likeness (QED) is 0.0724. The minimum absolute atomic E-state index is 0.0924. The van der Waals surface area contributed by atoms with Crippen molar-refractivity contribution in [3.8, 4) is 29.1 Å². The van der Waals surface area contributed by atoms with Crippen molar-refractivity contribution >= 4 is 120 Å². The van der Waals surface area contributed by atoms with E-state index in [0.29, 0.717) is 71.2 Å². The van der Waals surface area contributed by atoms with Crippen molar-refractivity contribution in [3.05, 3.63) is 137 Å². The zero-order valence-electron chi connectivity index (χ0n) is 36.2. The molecule has 0 saturated carbocycles. The summed E-state index contributed by atoms with van der Waals surface area (Å²) in [5.74, 6) is -1.12. The highest BCUT2D eigenvalue weighted by Crippen LogP contribution is 2.45. The molecular weight excluding hydrogens is 1060 g/mol. The lowest BCUT2D eigenvalue weighted by atomic mass is 9.85. The summed E-state index contributed by atoms with van der Waals surface area (Å²) in [4.78, 5) is 35.8. The van der Waals surface area contributed by atoms with E-state index in [9.17, 15) is 22.8 Å². The predicted octanol–water partition coefficient (Wildman–Crippen LogP) is 12.7. The summed E-state index contributed by atoms with van der Waals surface area (Å²) in [6.45, 7) is 7.89. The largest absolute Gasteiger partial charge is 0.481 e. The summed E-state index contributed by atoms with van der Waals surface area (Å²) >= 11 is 40.3. The molecule has 7 rings (SSSR count). The number of hydrogen-bond donors (Lipinski definition) is 3. The van der Waals surface area contributed by atoms with Gasteiger partial charge in [0, 0.05) is 44.4 Å². The van der Waals surface area contributed by atoms with E-state index in [0.717, 1.165) is 11.8 Å². The van der Waals surface area contributed by atoms with Gasteiger partial charge in [-0.1, -0.05) is 81.2 Å². The van der Waals surface area contributed by atoms with Crippen LogP contribution in [0.1, 0.15) is 44.4 Å². The van der Waals surface area contributed by atoms with E-state index < -0.39 is 34.1 Å². The Hall–Kier alpha value is -4.88. The van der Waals surface area contributed by atoms with Crippen LogP contribution >= 0.6 is 81.2 Å². The summed E-state index contributed by atoms with van der Waals surface area (Å²) in [6.07, 6.45) is -0.638. The van der Waals surface area contributed by atoms with Crippen molar-refractivity contribution in [2.75, 3.05) is 12.9 Å². The van der Waals surface area contributed by atoms with Gasteiger partial charge in [0.15, 0.2) is 11.7 Å². The minimum Gasteiger partial charge on any atom is -0.481 e. The van der Waals surface area contributed by atoms with Gasteiger partial charge >= 0.3 is 34.1 Å². The van der Waals surface area contributed by atoms with Crippen LogP contribution in [0.15, 0.2) is 89.3 Å². The average molecular weight is 1100 g/mol. The Morgan fingerprint density at radius 1 is 0.735 bits per heavy atom. The van der Waals surface area contributed by atoms with Crippen molar-refractivity contribution < 1.29 is 65.7 Å². The lowest BCUT2D eigenvalue weighted by molar-refractivity contribution is -0.144. The van der Waals surface area contributed by atoms with E-state index in [1.165, 1.54) is 31.2 Å². The van der Waals surface area contributed by atoms with Crippen molar-refractivity contribution in [1.82, 2.24) is 4.98 Å². The third-order valence-electron chi connectivity index (χ3n) is 8.99. The Balaban J connectivity index is 0.000000204. The van der Waals surface area contributed by atoms with Crippen LogP contribution in [0.2, 0.25) is 35.2 Å². The SMILES string of the molecule is CC(Oc1ccc(Oc2nc3ccc(Cl)cc3o2)cc1)C(=O)O.CCOC1Oc2ccc(OS(C)(=O)=O)cc2C1(C)C.O=C(O)Cc1c(Cl)ccc(Cl)c1Cl.O=C(O)Cc1c(Cl)ccc(Cl)c1Cl. The molecule has 0 spiro atoms. The van der Waals surface area contributed by atoms with Crippen LogP contribution < -0.4 is 18.4 Å². The van der Waals surface area contributed by atoms with E-state index in [1.807, 2.05) is 20.8 Å². The van der Waals surface area contributed by atoms with Gasteiger partial charge < -0.3 is 42.9 Å². The number of rotatable bonds is 13. The molecule has 1 aliphatic heterocycles. The highest BCUT2D eigenvalue weighted by Gasteiger charge is 2.42. The standard InChI is InChI=1S/C16H12ClNO5.C13H18O5S.2C8H5Cl3O2/c1-9(15(19)20)21-11-3-5-12(6-4-11)22-16-18-13-7-2-10(17)8-14(13)23-16;1-5-16-12-13(2,3)10-8-9(18-19(4,14)15)6-7-11(10)17-12;2*9-5-1-2-6(10)8(11)4(5)3-7(12)13/h2-9H,1H3,(H,19,20);6-8,12H,5H2,1-4H3;2*1-2H,3H2,(H,12,13). The molecule has 0 saturated heterocycles. The summed E-state index contributed by atoms with van der Waals surface area (Å²) < 4.78 is 54.7. The van der Waals surface area contributed by atoms with Crippen LogP contribution in [0.4, 0.5) is 0 Å². The number of aromatic nitrogens is 1. The number of hydrogen-bond acceptors (Lipinski definition) is 12. The second-order valence-electron chi connectivity index (χ2n) is 14.6. The molecule has 364 valence electrons. The van der Waals surface area contributed by atoms with Crippen LogP contribution in [0.5, 0.6) is 29.1 Å². The van der Waals surface area contributed by atoms with Gasteiger partial charge in [-0.25, -0.2) is 4.79 Å². The molecule has 2 unspecified atom stereocenters. The number of oxazole rings is 1. The first-order valence-corrected chi connectivity index (χ1v) is 24.0. The fourth-order valence-corrected chi connectivity index (χ4v) is 7.73. The molecule has 1 aromatic heterocycles. The molecule has 2 atom stereocenters. The lowest BCUT2D eigenvalue weighted by Crippen LogP contribution is -2.34. The van der Waals surface area contributed by atoms with E-state index >= 15 is 0 Å². The number of carboxylic acids is 3. The number of fused-ring (bicyclic) bond motifs is 2. The first kappa shape index (κ1) is 55.7. The Labute approximate surface area is 425 Å². The zero-order valence-corrected chi connectivity index (χ0v) is 42.3. The van der Waals surface area contributed by atoms with E-state index in [1.54, 1.807) is 60.7 Å². The number of aliphatic carboxylic acids is 3. The summed E-state index contributed by atoms with van der Waals surface area (Å²) in [6, 6.07) is 22.6. The third-order valence-corrected chi connectivity index (χ3v) is 12.1. The fourth-order valence-electron chi connectivity index (χ4n) is 5.75. The fraction of sp³-hybridized carbons (Fsp3) is 0.244. The van der Waals surface area contributed by atoms with Crippen LogP contribution in [0, 0.1) is 0 Å². The minimum atomic E-state index is -3.53. The summed E-state index contributed by atoms with van der Waals surface area (Å²) in [7, 11) is -3.53. The monoisotopic (exact) mass is 1090 g/mol. The molecule has 2 heterocycles. The molecule has 23 heteroatoms. The number of carbonyl (C=O) groups is 3. The average Bonchev–Trinajstić information content (AvgIpc) is 3.77. The molecule has 5 aromatic carbocycles. The Morgan fingerprint density at radius 2 is 1.25 bits per heavy atom. The predicted molar refractivity (Wildman–Crippen MR) is 260 cm³/mol.